The van der Waals surface area contributed by atoms with Crippen LogP contribution in [0.5, 0.6) is 0 Å². The van der Waals surface area contributed by atoms with Crippen molar-refractivity contribution in [3.8, 4) is 0 Å². The number of aliphatic carboxylic acids is 1. The molecule has 1 aliphatic rings. The topological polar surface area (TPSA) is 91.0 Å². The molecule has 1 saturated heterocycles. The van der Waals surface area contributed by atoms with E-state index in [0.717, 1.165) is 35.0 Å². The maximum Gasteiger partial charge on any atom is 0.303 e. The van der Waals surface area contributed by atoms with Crippen LogP contribution >= 0.6 is 11.8 Å². The van der Waals surface area contributed by atoms with Gasteiger partial charge >= 0.3 is 5.97 Å². The van der Waals surface area contributed by atoms with Crippen LogP contribution < -0.4 is 0 Å². The molecule has 6 nitrogen and oxygen atoms in total. The lowest BCUT2D eigenvalue weighted by atomic mass is 10.1. The Morgan fingerprint density at radius 3 is 2.89 bits per heavy atom. The Morgan fingerprint density at radius 2 is 2.22 bits per heavy atom. The van der Waals surface area contributed by atoms with E-state index in [1.807, 2.05) is 30.9 Å². The van der Waals surface area contributed by atoms with Crippen molar-refractivity contribution >= 4 is 23.6 Å². The summed E-state index contributed by atoms with van der Waals surface area (Å²) in [4.78, 5) is 24.4. The third-order valence-electron chi connectivity index (χ3n) is 4.71. The highest BCUT2D eigenvalue weighted by molar-refractivity contribution is 7.99. The second kappa shape index (κ2) is 10.6. The molecule has 1 fully saturated rings. The predicted molar refractivity (Wildman–Crippen MR) is 106 cm³/mol. The Morgan fingerprint density at radius 1 is 1.44 bits per heavy atom. The van der Waals surface area contributed by atoms with Crippen LogP contribution in [0.2, 0.25) is 0 Å². The van der Waals surface area contributed by atoms with Crippen LogP contribution in [0.3, 0.4) is 0 Å². The average Bonchev–Trinajstić information content (AvgIpc) is 3.10. The number of carboxylic acids is 1. The van der Waals surface area contributed by atoms with Gasteiger partial charge in [0.05, 0.1) is 12.1 Å². The first-order valence-electron chi connectivity index (χ1n) is 9.38. The quantitative estimate of drug-likeness (QED) is 0.442. The minimum atomic E-state index is -0.769. The van der Waals surface area contributed by atoms with E-state index in [0.29, 0.717) is 25.8 Å². The summed E-state index contributed by atoms with van der Waals surface area (Å²) in [6.45, 7) is 4.53. The van der Waals surface area contributed by atoms with Gasteiger partial charge in [-0.3, -0.25) is 9.59 Å². The van der Waals surface area contributed by atoms with Crippen molar-refractivity contribution in [2.24, 2.45) is 0 Å². The van der Waals surface area contributed by atoms with E-state index in [-0.39, 0.29) is 18.4 Å². The second-order valence-electron chi connectivity index (χ2n) is 6.91. The van der Waals surface area contributed by atoms with Gasteiger partial charge in [0.2, 0.25) is 5.91 Å². The van der Waals surface area contributed by atoms with Gasteiger partial charge in [0.1, 0.15) is 11.5 Å². The molecule has 2 N–H and O–H groups in total. The van der Waals surface area contributed by atoms with Gasteiger partial charge in [-0.25, -0.2) is 0 Å². The number of likely N-dealkylation sites (tertiary alicyclic amines) is 1. The fourth-order valence-electron chi connectivity index (χ4n) is 3.12. The Hall–Kier alpha value is -1.73. The van der Waals surface area contributed by atoms with Crippen molar-refractivity contribution in [2.75, 3.05) is 18.1 Å². The highest BCUT2D eigenvalue weighted by Gasteiger charge is 2.28. The third kappa shape index (κ3) is 7.07. The van der Waals surface area contributed by atoms with Crippen LogP contribution in [0.25, 0.3) is 0 Å². The van der Waals surface area contributed by atoms with Crippen molar-refractivity contribution in [1.29, 1.82) is 0 Å². The summed E-state index contributed by atoms with van der Waals surface area (Å²) in [5.41, 5.74) is 1.08. The molecule has 1 amide bonds. The minimum absolute atomic E-state index is 0.0202. The first-order chi connectivity index (χ1) is 12.9. The molecule has 27 heavy (non-hydrogen) atoms. The van der Waals surface area contributed by atoms with Crippen molar-refractivity contribution in [3.05, 3.63) is 35.3 Å². The lowest BCUT2D eigenvalue weighted by Crippen LogP contribution is -2.34. The van der Waals surface area contributed by atoms with Gasteiger partial charge in [0.15, 0.2) is 0 Å². The highest BCUT2D eigenvalue weighted by Crippen LogP contribution is 2.21. The summed E-state index contributed by atoms with van der Waals surface area (Å²) in [5, 5.41) is 18.9. The largest absolute Gasteiger partial charge is 0.481 e. The lowest BCUT2D eigenvalue weighted by Gasteiger charge is -2.22. The zero-order valence-corrected chi connectivity index (χ0v) is 16.8. The number of rotatable bonds is 11. The smallest absolute Gasteiger partial charge is 0.303 e. The van der Waals surface area contributed by atoms with Crippen molar-refractivity contribution < 1.29 is 24.2 Å². The van der Waals surface area contributed by atoms with E-state index in [1.165, 1.54) is 0 Å². The maximum atomic E-state index is 12.1. The molecule has 0 unspecified atom stereocenters. The molecular formula is C20H29NO5S. The fourth-order valence-corrected chi connectivity index (χ4v) is 4.00. The number of aliphatic hydroxyl groups excluding tert-OH is 1. The Kier molecular flexibility index (Phi) is 8.44. The first kappa shape index (κ1) is 21.6. The van der Waals surface area contributed by atoms with Gasteiger partial charge in [0, 0.05) is 31.6 Å². The van der Waals surface area contributed by atoms with E-state index in [9.17, 15) is 14.7 Å². The van der Waals surface area contributed by atoms with Crippen LogP contribution in [0.4, 0.5) is 0 Å². The van der Waals surface area contributed by atoms with Gasteiger partial charge < -0.3 is 19.5 Å². The summed E-state index contributed by atoms with van der Waals surface area (Å²) in [7, 11) is 0. The van der Waals surface area contributed by atoms with Crippen LogP contribution in [0.1, 0.15) is 42.8 Å². The fraction of sp³-hybridized carbons (Fsp3) is 0.600. The zero-order valence-electron chi connectivity index (χ0n) is 16.0. The van der Waals surface area contributed by atoms with Gasteiger partial charge in [-0.15, -0.1) is 0 Å². The SMILES string of the molecule is Cc1cc(C[C@H](O)C=C[C@H]2CCC(=O)N2CCSCCCC(=O)O)oc1C. The van der Waals surface area contributed by atoms with Crippen LogP contribution in [0, 0.1) is 13.8 Å². The number of carboxylic acid groups (broad SMARTS) is 1. The van der Waals surface area contributed by atoms with Gasteiger partial charge in [-0.1, -0.05) is 12.2 Å². The van der Waals surface area contributed by atoms with E-state index >= 15 is 0 Å². The average molecular weight is 396 g/mol. The molecule has 1 aliphatic heterocycles. The summed E-state index contributed by atoms with van der Waals surface area (Å²) in [6, 6.07) is 1.96. The van der Waals surface area contributed by atoms with Crippen molar-refractivity contribution in [1.82, 2.24) is 4.90 Å². The molecule has 0 radical (unpaired) electrons. The number of hydrogen-bond acceptors (Lipinski definition) is 5. The van der Waals surface area contributed by atoms with E-state index in [1.54, 1.807) is 17.8 Å². The molecule has 0 spiro atoms. The molecular weight excluding hydrogens is 366 g/mol. The number of carbonyl (C=O) groups excluding carboxylic acids is 1. The molecule has 0 aliphatic carbocycles. The van der Waals surface area contributed by atoms with Crippen LogP contribution in [0.15, 0.2) is 22.6 Å². The summed E-state index contributed by atoms with van der Waals surface area (Å²) in [6.07, 6.45) is 5.60. The van der Waals surface area contributed by atoms with Gasteiger partial charge in [-0.2, -0.15) is 11.8 Å². The third-order valence-corrected chi connectivity index (χ3v) is 5.76. The van der Waals surface area contributed by atoms with E-state index in [4.69, 9.17) is 9.52 Å². The number of aryl methyl sites for hydroxylation is 2. The molecule has 2 atom stereocenters. The molecule has 150 valence electrons. The first-order valence-corrected chi connectivity index (χ1v) is 10.5. The number of furan rings is 1. The Bertz CT molecular complexity index is 650. The van der Waals surface area contributed by atoms with Crippen molar-refractivity contribution in [2.45, 2.75) is 58.1 Å². The number of hydrogen-bond donors (Lipinski definition) is 2. The Balaban J connectivity index is 1.76. The molecule has 0 saturated carbocycles. The monoisotopic (exact) mass is 395 g/mol. The van der Waals surface area contributed by atoms with Crippen LogP contribution in [-0.2, 0) is 16.0 Å². The van der Waals surface area contributed by atoms with E-state index in [2.05, 4.69) is 0 Å². The van der Waals surface area contributed by atoms with Crippen LogP contribution in [-0.4, -0.2) is 57.2 Å². The summed E-state index contributed by atoms with van der Waals surface area (Å²) < 4.78 is 5.60. The molecule has 2 heterocycles. The molecule has 0 bridgehead atoms. The van der Waals surface area contributed by atoms with Gasteiger partial charge in [0.25, 0.3) is 0 Å². The lowest BCUT2D eigenvalue weighted by molar-refractivity contribution is -0.137. The summed E-state index contributed by atoms with van der Waals surface area (Å²) in [5.74, 6) is 2.59. The van der Waals surface area contributed by atoms with E-state index < -0.39 is 12.1 Å². The normalized spacial score (nSPS) is 18.6. The number of nitrogens with zero attached hydrogens (tertiary/aromatic N) is 1. The molecule has 2 rings (SSSR count). The Labute approximate surface area is 164 Å². The zero-order chi connectivity index (χ0) is 19.8. The number of carbonyl (C=O) groups is 2. The number of aliphatic hydroxyl groups is 1. The maximum absolute atomic E-state index is 12.1. The number of amides is 1. The standard InChI is InChI=1S/C20H29NO5S/c1-14-12-18(26-15(14)2)13-17(22)7-5-16-6-8-19(23)21(16)9-11-27-10-3-4-20(24)25/h5,7,12,16-17,22H,3-4,6,8-11,13H2,1-2H3,(H,24,25)/t16-,17+/m0/s1. The molecule has 1 aromatic rings. The molecule has 7 heteroatoms. The molecule has 1 aromatic heterocycles. The van der Waals surface area contributed by atoms with Crippen molar-refractivity contribution in [3.63, 3.8) is 0 Å². The van der Waals surface area contributed by atoms with Gasteiger partial charge in [-0.05, 0) is 44.1 Å². The predicted octanol–water partition coefficient (Wildman–Crippen LogP) is 2.95. The second-order valence-corrected chi connectivity index (χ2v) is 8.14. The highest BCUT2D eigenvalue weighted by atomic mass is 32.2. The minimum Gasteiger partial charge on any atom is -0.481 e. The number of thioether (sulfide) groups is 1. The molecule has 0 aromatic carbocycles. The summed E-state index contributed by atoms with van der Waals surface area (Å²) >= 11 is 1.67.